The van der Waals surface area contributed by atoms with E-state index < -0.39 is 17.7 Å². The van der Waals surface area contributed by atoms with E-state index in [9.17, 15) is 20.0 Å². The molecule has 2 aliphatic rings. The largest absolute Gasteiger partial charge is 0.395 e. The van der Waals surface area contributed by atoms with Gasteiger partial charge in [0.05, 0.1) is 18.0 Å². The molecule has 3 rings (SSSR count). The molecule has 0 saturated heterocycles. The number of anilines is 2. The van der Waals surface area contributed by atoms with Gasteiger partial charge in [-0.15, -0.1) is 0 Å². The van der Waals surface area contributed by atoms with Crippen LogP contribution in [-0.4, -0.2) is 47.0 Å². The predicted molar refractivity (Wildman–Crippen MR) is 81.4 cm³/mol. The third-order valence-electron chi connectivity index (χ3n) is 3.99. The normalized spacial score (nSPS) is 22.8. The van der Waals surface area contributed by atoms with Crippen LogP contribution < -0.4 is 15.5 Å². The first-order valence-electron chi connectivity index (χ1n) is 6.98. The van der Waals surface area contributed by atoms with Gasteiger partial charge >= 0.3 is 11.8 Å². The van der Waals surface area contributed by atoms with Crippen LogP contribution in [0.4, 0.5) is 16.2 Å². The van der Waals surface area contributed by atoms with Gasteiger partial charge in [0.15, 0.2) is 5.84 Å². The third-order valence-corrected chi connectivity index (χ3v) is 3.99. The minimum absolute atomic E-state index is 0.0711. The summed E-state index contributed by atoms with van der Waals surface area (Å²) in [5.41, 5.74) is 1.03. The number of imide groups is 1. The van der Waals surface area contributed by atoms with Gasteiger partial charge in [-0.3, -0.25) is 10.1 Å². The van der Waals surface area contributed by atoms with Gasteiger partial charge in [-0.2, -0.15) is 9.88 Å². The van der Waals surface area contributed by atoms with Crippen LogP contribution in [-0.2, 0) is 9.68 Å². The van der Waals surface area contributed by atoms with E-state index in [2.05, 4.69) is 15.2 Å². The standard InChI is InChI=1S/C14H16N4O5/c1-7-5-9-10(6-8(7)2)18(3-4-19)11-14(17-9,23-22)12(20)16-13(21)15-11/h5-6,17,19,22H,3-4H2,1-2H3,(H,16,20,21). The molecule has 1 aromatic rings. The number of β-amino-alcohol motifs (C(OH)–C–C–N with tert-alkyl or cyclic N) is 1. The highest BCUT2D eigenvalue weighted by Gasteiger charge is 2.55. The number of benzene rings is 1. The number of aliphatic imine (C=N–C) groups is 1. The monoisotopic (exact) mass is 320 g/mol. The maximum atomic E-state index is 12.3. The van der Waals surface area contributed by atoms with E-state index in [0.717, 1.165) is 11.1 Å². The first-order valence-corrected chi connectivity index (χ1v) is 6.98. The van der Waals surface area contributed by atoms with Crippen molar-refractivity contribution in [1.29, 1.82) is 0 Å². The summed E-state index contributed by atoms with van der Waals surface area (Å²) in [6.45, 7) is 3.64. The quantitative estimate of drug-likeness (QED) is 0.468. The Morgan fingerprint density at radius 1 is 1.30 bits per heavy atom. The Hall–Kier alpha value is -2.49. The van der Waals surface area contributed by atoms with Gasteiger partial charge in [0, 0.05) is 6.54 Å². The van der Waals surface area contributed by atoms with E-state index in [-0.39, 0.29) is 19.0 Å². The lowest BCUT2D eigenvalue weighted by atomic mass is 9.99. The molecule has 1 unspecified atom stereocenters. The highest BCUT2D eigenvalue weighted by molar-refractivity contribution is 6.29. The predicted octanol–water partition coefficient (Wildman–Crippen LogP) is 0.362. The number of nitrogens with one attached hydrogen (secondary N) is 2. The van der Waals surface area contributed by atoms with Crippen LogP contribution in [0.25, 0.3) is 0 Å². The number of urea groups is 1. The van der Waals surface area contributed by atoms with Crippen molar-refractivity contribution in [3.63, 3.8) is 0 Å². The first kappa shape index (κ1) is 15.4. The van der Waals surface area contributed by atoms with Crippen molar-refractivity contribution in [3.8, 4) is 0 Å². The molecule has 0 radical (unpaired) electrons. The third kappa shape index (κ3) is 2.17. The molecule has 0 fully saturated rings. The molecular weight excluding hydrogens is 304 g/mol. The van der Waals surface area contributed by atoms with Crippen molar-refractivity contribution in [2.24, 2.45) is 4.99 Å². The lowest BCUT2D eigenvalue weighted by Gasteiger charge is -2.44. The zero-order chi connectivity index (χ0) is 16.8. The van der Waals surface area contributed by atoms with Gasteiger partial charge < -0.3 is 15.3 Å². The van der Waals surface area contributed by atoms with E-state index in [1.165, 1.54) is 4.90 Å². The summed E-state index contributed by atoms with van der Waals surface area (Å²) in [5.74, 6) is -1.01. The van der Waals surface area contributed by atoms with Gasteiger partial charge in [-0.05, 0) is 37.1 Å². The summed E-state index contributed by atoms with van der Waals surface area (Å²) in [7, 11) is 0. The number of carbonyl (C=O) groups excluding carboxylic acids is 2. The second kappa shape index (κ2) is 5.30. The number of aryl methyl sites for hydroxylation is 2. The van der Waals surface area contributed by atoms with Gasteiger partial charge in [0.1, 0.15) is 0 Å². The van der Waals surface area contributed by atoms with Gasteiger partial charge in [0.25, 0.3) is 5.91 Å². The van der Waals surface area contributed by atoms with Crippen LogP contribution in [0.2, 0.25) is 0 Å². The highest BCUT2D eigenvalue weighted by atomic mass is 17.1. The maximum Gasteiger partial charge on any atom is 0.349 e. The molecule has 9 nitrogen and oxygen atoms in total. The lowest BCUT2D eigenvalue weighted by Crippen LogP contribution is -2.69. The lowest BCUT2D eigenvalue weighted by molar-refractivity contribution is -0.284. The van der Waals surface area contributed by atoms with Crippen LogP contribution in [0.15, 0.2) is 17.1 Å². The number of nitrogens with zero attached hydrogens (tertiary/aromatic N) is 2. The smallest absolute Gasteiger partial charge is 0.349 e. The number of rotatable bonds is 3. The Morgan fingerprint density at radius 2 is 2.00 bits per heavy atom. The molecule has 0 aliphatic carbocycles. The molecule has 9 heteroatoms. The zero-order valence-corrected chi connectivity index (χ0v) is 12.6. The average Bonchev–Trinajstić information content (AvgIpc) is 2.50. The minimum atomic E-state index is -2.04. The number of fused-ring (bicyclic) bond motifs is 2. The number of hydrogen-bond donors (Lipinski definition) is 4. The maximum absolute atomic E-state index is 12.3. The van der Waals surface area contributed by atoms with Crippen LogP contribution in [0.3, 0.4) is 0 Å². The highest BCUT2D eigenvalue weighted by Crippen LogP contribution is 2.39. The zero-order valence-electron chi connectivity index (χ0n) is 12.6. The van der Waals surface area contributed by atoms with Gasteiger partial charge in [-0.25, -0.2) is 10.1 Å². The average molecular weight is 320 g/mol. The van der Waals surface area contributed by atoms with Crippen LogP contribution in [0.5, 0.6) is 0 Å². The summed E-state index contributed by atoms with van der Waals surface area (Å²) in [6, 6.07) is 2.76. The Bertz CT molecular complexity index is 732. The van der Waals surface area contributed by atoms with Gasteiger partial charge in [-0.1, -0.05) is 0 Å². The van der Waals surface area contributed by atoms with Crippen LogP contribution >= 0.6 is 0 Å². The van der Waals surface area contributed by atoms with Crippen molar-refractivity contribution in [2.75, 3.05) is 23.4 Å². The van der Waals surface area contributed by atoms with E-state index >= 15 is 0 Å². The van der Waals surface area contributed by atoms with Crippen molar-refractivity contribution in [1.82, 2.24) is 5.32 Å². The van der Waals surface area contributed by atoms with Crippen molar-refractivity contribution in [3.05, 3.63) is 23.3 Å². The molecule has 0 aromatic heterocycles. The summed E-state index contributed by atoms with van der Waals surface area (Å²) >= 11 is 0. The molecule has 0 bridgehead atoms. The van der Waals surface area contributed by atoms with Crippen molar-refractivity contribution in [2.45, 2.75) is 19.6 Å². The van der Waals surface area contributed by atoms with E-state index in [1.54, 1.807) is 6.07 Å². The molecule has 1 aromatic carbocycles. The van der Waals surface area contributed by atoms with E-state index in [4.69, 9.17) is 0 Å². The van der Waals surface area contributed by atoms with Crippen molar-refractivity contribution < 1.29 is 24.8 Å². The molecular formula is C14H16N4O5. The Kier molecular flexibility index (Phi) is 3.55. The number of aliphatic hydroxyl groups excluding tert-OH is 1. The van der Waals surface area contributed by atoms with Crippen LogP contribution in [0, 0.1) is 13.8 Å². The fraction of sp³-hybridized carbons (Fsp3) is 0.357. The first-order chi connectivity index (χ1) is 10.9. The fourth-order valence-electron chi connectivity index (χ4n) is 2.71. The molecule has 23 heavy (non-hydrogen) atoms. The fourth-order valence-corrected chi connectivity index (χ4v) is 2.71. The number of hydrogen-bond acceptors (Lipinski definition) is 7. The molecule has 2 heterocycles. The topological polar surface area (TPSA) is 123 Å². The SMILES string of the molecule is Cc1cc2c(cc1C)N(CCO)C1=NC(=O)NC(=O)C1(OO)N2. The summed E-state index contributed by atoms with van der Waals surface area (Å²) in [6.07, 6.45) is 0. The number of amidine groups is 1. The Balaban J connectivity index is 2.26. The molecule has 122 valence electrons. The van der Waals surface area contributed by atoms with Crippen molar-refractivity contribution >= 4 is 29.1 Å². The molecule has 0 saturated carbocycles. The van der Waals surface area contributed by atoms with E-state index in [0.29, 0.717) is 11.4 Å². The molecule has 1 atom stereocenters. The summed E-state index contributed by atoms with van der Waals surface area (Å²) in [4.78, 5) is 33.5. The Morgan fingerprint density at radius 3 is 2.65 bits per heavy atom. The summed E-state index contributed by atoms with van der Waals surface area (Å²) < 4.78 is 0. The molecule has 2 aliphatic heterocycles. The summed E-state index contributed by atoms with van der Waals surface area (Å²) in [5, 5.41) is 23.5. The molecule has 3 amide bonds. The number of aliphatic hydroxyl groups is 1. The molecule has 0 spiro atoms. The number of carbonyl (C=O) groups is 2. The minimum Gasteiger partial charge on any atom is -0.395 e. The van der Waals surface area contributed by atoms with Crippen LogP contribution in [0.1, 0.15) is 11.1 Å². The van der Waals surface area contributed by atoms with Gasteiger partial charge in [0.2, 0.25) is 0 Å². The number of amides is 3. The molecule has 4 N–H and O–H groups in total. The Labute approximate surface area is 131 Å². The van der Waals surface area contributed by atoms with E-state index in [1.807, 2.05) is 25.2 Å². The second-order valence-electron chi connectivity index (χ2n) is 5.42. The second-order valence-corrected chi connectivity index (χ2v) is 5.42.